The molecule has 8 heteroatoms. The molecule has 0 aliphatic heterocycles. The van der Waals surface area contributed by atoms with E-state index in [9.17, 15) is 15.8 Å². The summed E-state index contributed by atoms with van der Waals surface area (Å²) in [5.41, 5.74) is 0. The first kappa shape index (κ1) is 12.1. The van der Waals surface area contributed by atoms with Gasteiger partial charge in [-0.3, -0.25) is 0 Å². The summed E-state index contributed by atoms with van der Waals surface area (Å²) in [6, 6.07) is 0. The summed E-state index contributed by atoms with van der Waals surface area (Å²) in [6.07, 6.45) is 0. The second kappa shape index (κ2) is 8.35. The maximum absolute atomic E-state index is 9.87. The van der Waals surface area contributed by atoms with Crippen molar-refractivity contribution >= 4 is 47.2 Å². The minimum atomic E-state index is -5.09. The third-order valence-electron chi connectivity index (χ3n) is 0. The monoisotopic (exact) mass is 532 g/mol. The SMILES string of the molecule is [F][Bi]([F])[F].[F][Bi]([F])[F]. The molecule has 0 fully saturated rings. The number of hydrogen-bond donors (Lipinski definition) is 0. The normalized spacial score (nSPS) is 9.00. The fourth-order valence-corrected chi connectivity index (χ4v) is 0. The van der Waals surface area contributed by atoms with Crippen LogP contribution in [-0.4, -0.2) is 47.2 Å². The maximum atomic E-state index is 9.87. The van der Waals surface area contributed by atoms with Crippen molar-refractivity contribution in [2.24, 2.45) is 0 Å². The van der Waals surface area contributed by atoms with Crippen molar-refractivity contribution < 1.29 is 15.8 Å². The van der Waals surface area contributed by atoms with Crippen LogP contribution in [0.3, 0.4) is 0 Å². The third-order valence-corrected chi connectivity index (χ3v) is 0. The fourth-order valence-electron chi connectivity index (χ4n) is 0. The van der Waals surface area contributed by atoms with E-state index in [-0.39, 0.29) is 0 Å². The Labute approximate surface area is 62.5 Å². The molecule has 0 amide bonds. The van der Waals surface area contributed by atoms with Gasteiger partial charge in [-0.1, -0.05) is 0 Å². The van der Waals surface area contributed by atoms with Gasteiger partial charge in [0.05, 0.1) is 0 Å². The van der Waals surface area contributed by atoms with Gasteiger partial charge in [0.1, 0.15) is 0 Å². The number of hydrogen-bond acceptors (Lipinski definition) is 0. The summed E-state index contributed by atoms with van der Waals surface area (Å²) in [7, 11) is 0. The standard InChI is InChI=1S/2Bi.6FH/h;;6*1H/q2*+3;;;;;;/p-6. The summed E-state index contributed by atoms with van der Waals surface area (Å²) in [6.45, 7) is 0. The van der Waals surface area contributed by atoms with Gasteiger partial charge in [-0.15, -0.1) is 0 Å². The molecule has 0 nitrogen and oxygen atoms in total. The Hall–Kier alpha value is 1.35. The second-order valence-corrected chi connectivity index (χ2v) is 3.36. The van der Waals surface area contributed by atoms with E-state index < -0.39 is 47.2 Å². The molecule has 0 unspecified atom stereocenters. The molecule has 0 rings (SSSR count). The van der Waals surface area contributed by atoms with E-state index in [1.165, 1.54) is 0 Å². The molecule has 0 atom stereocenters. The van der Waals surface area contributed by atoms with E-state index in [1.807, 2.05) is 0 Å². The third kappa shape index (κ3) is 163. The Bertz CT molecular complexity index is 22.0. The zero-order valence-electron chi connectivity index (χ0n) is 3.16. The predicted molar refractivity (Wildman–Crippen MR) is 18.2 cm³/mol. The predicted octanol–water partition coefficient (Wildman–Crippen LogP) is 1.76. The molecule has 0 aliphatic carbocycles. The average molecular weight is 532 g/mol. The van der Waals surface area contributed by atoms with Gasteiger partial charge in [-0.05, 0) is 0 Å². The zero-order valence-corrected chi connectivity index (χ0v) is 10.1. The number of halogens is 6. The molecular formula is Bi2F6. The van der Waals surface area contributed by atoms with E-state index in [1.54, 1.807) is 0 Å². The zero-order chi connectivity index (χ0) is 7.15. The van der Waals surface area contributed by atoms with Gasteiger partial charge in [0.15, 0.2) is 0 Å². The van der Waals surface area contributed by atoms with E-state index in [0.29, 0.717) is 0 Å². The Balaban J connectivity index is 0. The fraction of sp³-hybridized carbons (Fsp3) is 0. The van der Waals surface area contributed by atoms with Crippen LogP contribution in [0.15, 0.2) is 0 Å². The summed E-state index contributed by atoms with van der Waals surface area (Å²) in [4.78, 5) is 0. The minimum absolute atomic E-state index is 5.09. The molecule has 0 radical (unpaired) electrons. The summed E-state index contributed by atoms with van der Waals surface area (Å²) in [5, 5.41) is 0. The summed E-state index contributed by atoms with van der Waals surface area (Å²) < 4.78 is 59.2. The van der Waals surface area contributed by atoms with Crippen molar-refractivity contribution in [3.8, 4) is 0 Å². The average Bonchev–Trinajstić information content (AvgIpc) is 1.25. The van der Waals surface area contributed by atoms with E-state index >= 15 is 0 Å². The molecule has 8 heavy (non-hydrogen) atoms. The van der Waals surface area contributed by atoms with Crippen LogP contribution in [0.1, 0.15) is 0 Å². The molecule has 52 valence electrons. The van der Waals surface area contributed by atoms with Crippen molar-refractivity contribution in [2.45, 2.75) is 0 Å². The van der Waals surface area contributed by atoms with E-state index in [0.717, 1.165) is 0 Å². The molecule has 0 aliphatic rings. The van der Waals surface area contributed by atoms with Crippen LogP contribution in [0.5, 0.6) is 0 Å². The molecule has 0 N–H and O–H groups in total. The first-order chi connectivity index (χ1) is 3.46. The summed E-state index contributed by atoms with van der Waals surface area (Å²) >= 11 is -10.2. The molecule has 0 saturated carbocycles. The van der Waals surface area contributed by atoms with Gasteiger partial charge in [0.25, 0.3) is 0 Å². The molecule has 0 aromatic heterocycles. The Morgan fingerprint density at radius 2 is 0.500 bits per heavy atom. The van der Waals surface area contributed by atoms with Crippen LogP contribution in [0, 0.1) is 0 Å². The van der Waals surface area contributed by atoms with Crippen LogP contribution >= 0.6 is 0 Å². The van der Waals surface area contributed by atoms with Gasteiger partial charge in [-0.2, -0.15) is 0 Å². The Morgan fingerprint density at radius 1 is 0.500 bits per heavy atom. The van der Waals surface area contributed by atoms with Crippen LogP contribution in [0.2, 0.25) is 0 Å². The molecular weight excluding hydrogens is 532 g/mol. The molecule has 0 saturated heterocycles. The van der Waals surface area contributed by atoms with Gasteiger partial charge < -0.3 is 0 Å². The van der Waals surface area contributed by atoms with Crippen LogP contribution in [0.25, 0.3) is 0 Å². The Kier molecular flexibility index (Phi) is 12.6. The van der Waals surface area contributed by atoms with Crippen LogP contribution in [0.4, 0.5) is 15.8 Å². The van der Waals surface area contributed by atoms with Crippen molar-refractivity contribution in [1.82, 2.24) is 0 Å². The Morgan fingerprint density at radius 3 is 0.500 bits per heavy atom. The quantitative estimate of drug-likeness (QED) is 0.330. The summed E-state index contributed by atoms with van der Waals surface area (Å²) in [5.74, 6) is 0. The van der Waals surface area contributed by atoms with E-state index in [4.69, 9.17) is 0 Å². The van der Waals surface area contributed by atoms with Gasteiger partial charge >= 0.3 is 62.9 Å². The molecule has 0 spiro atoms. The first-order valence-electron chi connectivity index (χ1n) is 1.01. The molecule has 0 aromatic rings. The van der Waals surface area contributed by atoms with Crippen molar-refractivity contribution in [3.05, 3.63) is 0 Å². The van der Waals surface area contributed by atoms with Crippen molar-refractivity contribution in [3.63, 3.8) is 0 Å². The van der Waals surface area contributed by atoms with Gasteiger partial charge in [0, 0.05) is 0 Å². The van der Waals surface area contributed by atoms with Crippen molar-refractivity contribution in [2.75, 3.05) is 0 Å². The number of rotatable bonds is 0. The van der Waals surface area contributed by atoms with Crippen LogP contribution < -0.4 is 0 Å². The second-order valence-electron chi connectivity index (χ2n) is 0.383. The molecule has 0 aromatic carbocycles. The van der Waals surface area contributed by atoms with E-state index in [2.05, 4.69) is 0 Å². The molecule has 0 heterocycles. The van der Waals surface area contributed by atoms with Crippen molar-refractivity contribution in [1.29, 1.82) is 0 Å². The molecule has 0 bridgehead atoms. The van der Waals surface area contributed by atoms with Gasteiger partial charge in [-0.25, -0.2) is 0 Å². The topological polar surface area (TPSA) is 0 Å². The van der Waals surface area contributed by atoms with Crippen LogP contribution in [-0.2, 0) is 0 Å². The van der Waals surface area contributed by atoms with Gasteiger partial charge in [0.2, 0.25) is 0 Å². The first-order valence-corrected chi connectivity index (χ1v) is 8.90.